The van der Waals surface area contributed by atoms with Crippen LogP contribution >= 0.6 is 0 Å². The first-order chi connectivity index (χ1) is 15.5. The number of ether oxygens (including phenoxy) is 2. The van der Waals surface area contributed by atoms with Crippen LogP contribution in [0.2, 0.25) is 0 Å². The van der Waals surface area contributed by atoms with Crippen LogP contribution in [0, 0.1) is 0 Å². The lowest BCUT2D eigenvalue weighted by molar-refractivity contribution is 0.0494. The molecule has 2 aromatic rings. The summed E-state index contributed by atoms with van der Waals surface area (Å²) in [5.74, 6) is -0.640. The third kappa shape index (κ3) is 6.03. The van der Waals surface area contributed by atoms with E-state index in [0.717, 1.165) is 24.2 Å². The number of nitrogens with one attached hydrogen (secondary N) is 1. The maximum Gasteiger partial charge on any atom is 0.338 e. The number of esters is 1. The van der Waals surface area contributed by atoms with Gasteiger partial charge in [0.15, 0.2) is 5.78 Å². The van der Waals surface area contributed by atoms with Crippen molar-refractivity contribution in [1.29, 1.82) is 0 Å². The lowest BCUT2D eigenvalue weighted by atomic mass is 10.1. The summed E-state index contributed by atoms with van der Waals surface area (Å²) in [5, 5.41) is 7.64. The van der Waals surface area contributed by atoms with Crippen molar-refractivity contribution in [2.45, 2.75) is 52.5 Å². The van der Waals surface area contributed by atoms with Crippen LogP contribution in [-0.2, 0) is 28.9 Å². The van der Waals surface area contributed by atoms with Crippen molar-refractivity contribution in [3.05, 3.63) is 52.3 Å². The molecule has 1 aliphatic rings. The van der Waals surface area contributed by atoms with Crippen LogP contribution in [-0.4, -0.2) is 53.8 Å². The van der Waals surface area contributed by atoms with Gasteiger partial charge in [0.25, 0.3) is 5.91 Å². The van der Waals surface area contributed by atoms with E-state index in [0.29, 0.717) is 62.3 Å². The van der Waals surface area contributed by atoms with E-state index >= 15 is 0 Å². The molecule has 1 amide bonds. The van der Waals surface area contributed by atoms with E-state index in [-0.39, 0.29) is 18.3 Å². The Morgan fingerprint density at radius 1 is 1.22 bits per heavy atom. The minimum atomic E-state index is -0.460. The summed E-state index contributed by atoms with van der Waals surface area (Å²) < 4.78 is 12.9. The van der Waals surface area contributed by atoms with Crippen LogP contribution in [0.15, 0.2) is 24.3 Å². The lowest BCUT2D eigenvalue weighted by Crippen LogP contribution is -2.26. The van der Waals surface area contributed by atoms with Gasteiger partial charge >= 0.3 is 5.97 Å². The Morgan fingerprint density at radius 3 is 2.78 bits per heavy atom. The number of Topliss-reactive ketones (excluding diaryl/α,β-unsaturated/α-hetero) is 1. The minimum Gasteiger partial charge on any atom is -0.462 e. The van der Waals surface area contributed by atoms with Gasteiger partial charge in [0.05, 0.1) is 29.1 Å². The van der Waals surface area contributed by atoms with Gasteiger partial charge in [-0.05, 0) is 44.7 Å². The second-order valence-electron chi connectivity index (χ2n) is 7.80. The van der Waals surface area contributed by atoms with Crippen molar-refractivity contribution in [3.63, 3.8) is 0 Å². The van der Waals surface area contributed by atoms with E-state index in [1.165, 1.54) is 6.92 Å². The van der Waals surface area contributed by atoms with E-state index in [1.54, 1.807) is 24.3 Å². The van der Waals surface area contributed by atoms with Gasteiger partial charge in [-0.25, -0.2) is 4.79 Å². The zero-order chi connectivity index (χ0) is 22.9. The summed E-state index contributed by atoms with van der Waals surface area (Å²) in [7, 11) is 0. The lowest BCUT2D eigenvalue weighted by Gasteiger charge is -2.10. The van der Waals surface area contributed by atoms with Crippen LogP contribution in [0.25, 0.3) is 0 Å². The molecule has 1 N–H and O–H groups in total. The number of hydrogen-bond acceptors (Lipinski definition) is 6. The monoisotopic (exact) mass is 441 g/mol. The molecule has 3 rings (SSSR count). The number of rotatable bonds is 7. The highest BCUT2D eigenvalue weighted by atomic mass is 16.5. The number of carbonyl (C=O) groups is 3. The van der Waals surface area contributed by atoms with E-state index in [9.17, 15) is 14.4 Å². The molecule has 0 saturated carbocycles. The molecule has 0 radical (unpaired) electrons. The highest BCUT2D eigenvalue weighted by Crippen LogP contribution is 2.19. The van der Waals surface area contributed by atoms with Gasteiger partial charge in [-0.1, -0.05) is 19.1 Å². The summed E-state index contributed by atoms with van der Waals surface area (Å²) in [6.07, 6.45) is 3.54. The Labute approximate surface area is 188 Å². The smallest absolute Gasteiger partial charge is 0.338 e. The second-order valence-corrected chi connectivity index (χ2v) is 7.80. The minimum absolute atomic E-state index is 0.0817. The highest BCUT2D eigenvalue weighted by Gasteiger charge is 2.23. The van der Waals surface area contributed by atoms with Crippen molar-refractivity contribution in [2.75, 3.05) is 26.4 Å². The molecule has 2 heterocycles. The van der Waals surface area contributed by atoms with E-state index in [2.05, 4.69) is 10.4 Å². The molecule has 0 unspecified atom stereocenters. The number of fused-ring (bicyclic) bond motifs is 1. The number of amides is 1. The zero-order valence-corrected chi connectivity index (χ0v) is 18.8. The van der Waals surface area contributed by atoms with E-state index in [1.807, 2.05) is 11.6 Å². The quantitative estimate of drug-likeness (QED) is 0.403. The zero-order valence-electron chi connectivity index (χ0n) is 18.8. The fraction of sp³-hybridized carbons (Fsp3) is 0.500. The van der Waals surface area contributed by atoms with Gasteiger partial charge in [0.2, 0.25) is 0 Å². The molecular formula is C24H31N3O5. The van der Waals surface area contributed by atoms with Crippen molar-refractivity contribution in [3.8, 4) is 0 Å². The standard InChI is InChI=1S/C24H31N3O5/c1-3-20-22-21(10-5-13-31-14-6-11-25-23(22)29)27(26-20)12-7-15-32-24(30)19-9-4-8-18(16-19)17(2)28/h4,8-9,16H,3,5-7,10-15H2,1-2H3,(H,25,29). The van der Waals surface area contributed by atoms with Crippen LogP contribution in [0.4, 0.5) is 0 Å². The highest BCUT2D eigenvalue weighted by molar-refractivity contribution is 5.98. The number of carbonyl (C=O) groups excluding carboxylic acids is 3. The number of ketones is 1. The fourth-order valence-electron chi connectivity index (χ4n) is 3.74. The van der Waals surface area contributed by atoms with E-state index < -0.39 is 5.97 Å². The Bertz CT molecular complexity index is 967. The third-order valence-corrected chi connectivity index (χ3v) is 5.40. The molecule has 0 bridgehead atoms. The van der Waals surface area contributed by atoms with E-state index in [4.69, 9.17) is 9.47 Å². The van der Waals surface area contributed by atoms with Crippen molar-refractivity contribution < 1.29 is 23.9 Å². The Morgan fingerprint density at radius 2 is 2.00 bits per heavy atom. The number of aromatic nitrogens is 2. The number of benzene rings is 1. The number of aryl methyl sites for hydroxylation is 2. The first-order valence-corrected chi connectivity index (χ1v) is 11.2. The summed E-state index contributed by atoms with van der Waals surface area (Å²) in [6.45, 7) is 6.08. The molecule has 172 valence electrons. The summed E-state index contributed by atoms with van der Waals surface area (Å²) in [6, 6.07) is 6.52. The average molecular weight is 442 g/mol. The number of hydrogen-bond donors (Lipinski definition) is 1. The Hall–Kier alpha value is -3.00. The molecule has 32 heavy (non-hydrogen) atoms. The van der Waals surface area contributed by atoms with Crippen molar-refractivity contribution >= 4 is 17.7 Å². The first-order valence-electron chi connectivity index (χ1n) is 11.2. The molecule has 0 saturated heterocycles. The second kappa shape index (κ2) is 11.6. The summed E-state index contributed by atoms with van der Waals surface area (Å²) in [5.41, 5.74) is 3.20. The molecule has 8 heteroatoms. The Balaban J connectivity index is 1.64. The molecule has 0 spiro atoms. The molecular weight excluding hydrogens is 410 g/mol. The van der Waals surface area contributed by atoms with Gasteiger partial charge in [-0.3, -0.25) is 14.3 Å². The van der Waals surface area contributed by atoms with Gasteiger partial charge in [0, 0.05) is 38.3 Å². The van der Waals surface area contributed by atoms with Crippen LogP contribution in [0.5, 0.6) is 0 Å². The third-order valence-electron chi connectivity index (χ3n) is 5.40. The van der Waals surface area contributed by atoms with Crippen molar-refractivity contribution in [2.24, 2.45) is 0 Å². The molecule has 0 fully saturated rings. The predicted molar refractivity (Wildman–Crippen MR) is 119 cm³/mol. The van der Waals surface area contributed by atoms with Crippen LogP contribution < -0.4 is 5.32 Å². The van der Waals surface area contributed by atoms with Gasteiger partial charge < -0.3 is 14.8 Å². The van der Waals surface area contributed by atoms with Gasteiger partial charge in [0.1, 0.15) is 0 Å². The molecule has 1 aliphatic heterocycles. The average Bonchev–Trinajstić information content (AvgIpc) is 3.13. The predicted octanol–water partition coefficient (Wildman–Crippen LogP) is 2.98. The first kappa shape index (κ1) is 23.7. The summed E-state index contributed by atoms with van der Waals surface area (Å²) in [4.78, 5) is 36.6. The molecule has 8 nitrogen and oxygen atoms in total. The molecule has 1 aromatic heterocycles. The molecule has 0 atom stereocenters. The normalized spacial score (nSPS) is 14.8. The number of nitrogens with zero attached hydrogens (tertiary/aromatic N) is 2. The summed E-state index contributed by atoms with van der Waals surface area (Å²) >= 11 is 0. The largest absolute Gasteiger partial charge is 0.462 e. The maximum absolute atomic E-state index is 12.8. The van der Waals surface area contributed by atoms with Crippen LogP contribution in [0.1, 0.15) is 75.6 Å². The van der Waals surface area contributed by atoms with Crippen LogP contribution in [0.3, 0.4) is 0 Å². The fourth-order valence-corrected chi connectivity index (χ4v) is 3.74. The van der Waals surface area contributed by atoms with Gasteiger partial charge in [-0.2, -0.15) is 5.10 Å². The topological polar surface area (TPSA) is 99.5 Å². The SMILES string of the molecule is CCc1nn(CCCOC(=O)c2cccc(C(C)=O)c2)c2c1C(=O)NCCCOCCC2. The Kier molecular flexibility index (Phi) is 8.56. The maximum atomic E-state index is 12.8. The van der Waals surface area contributed by atoms with Gasteiger partial charge in [-0.15, -0.1) is 0 Å². The van der Waals surface area contributed by atoms with Crippen molar-refractivity contribution in [1.82, 2.24) is 15.1 Å². The molecule has 1 aromatic carbocycles. The molecule has 0 aliphatic carbocycles.